The Morgan fingerprint density at radius 1 is 0.800 bits per heavy atom. The highest BCUT2D eigenvalue weighted by Crippen LogP contribution is 2.13. The smallest absolute Gasteiger partial charge is 0.245 e. The van der Waals surface area contributed by atoms with Gasteiger partial charge in [-0.3, -0.25) is 19.4 Å². The lowest BCUT2D eigenvalue weighted by Gasteiger charge is -2.25. The lowest BCUT2D eigenvalue weighted by atomic mass is 10.0. The Balaban J connectivity index is 1.56. The van der Waals surface area contributed by atoms with Gasteiger partial charge < -0.3 is 26.8 Å². The van der Waals surface area contributed by atoms with E-state index in [2.05, 4.69) is 25.3 Å². The molecule has 1 aromatic heterocycles. The number of hydrogen-bond donors (Lipinski definition) is 5. The van der Waals surface area contributed by atoms with E-state index >= 15 is 0 Å². The summed E-state index contributed by atoms with van der Waals surface area (Å²) in [7, 11) is -4.00. The van der Waals surface area contributed by atoms with E-state index in [0.717, 1.165) is 16.9 Å². The monoisotopic (exact) mass is 719 g/mol. The third-order valence-corrected chi connectivity index (χ3v) is 9.52. The molecule has 0 radical (unpaired) electrons. The van der Waals surface area contributed by atoms with Gasteiger partial charge in [-0.05, 0) is 36.0 Å². The van der Waals surface area contributed by atoms with Crippen molar-refractivity contribution in [2.75, 3.05) is 13.2 Å². The molecule has 0 bridgehead atoms. The van der Waals surface area contributed by atoms with Crippen LogP contribution in [0.2, 0.25) is 0 Å². The number of ketones is 1. The zero-order valence-electron chi connectivity index (χ0n) is 27.3. The number of aliphatic imine (C=N–C) groups is 1. The van der Waals surface area contributed by atoms with E-state index in [9.17, 15) is 22.8 Å². The maximum atomic E-state index is 13.9. The number of carbonyl (C=O) groups is 3. The van der Waals surface area contributed by atoms with Gasteiger partial charge in [0, 0.05) is 18.1 Å². The van der Waals surface area contributed by atoms with E-state index in [-0.39, 0.29) is 49.3 Å². The topological polar surface area (TPSA) is 208 Å². The summed E-state index contributed by atoms with van der Waals surface area (Å²) in [5.74, 6) is -2.31. The van der Waals surface area contributed by atoms with Crippen LogP contribution in [0.15, 0.2) is 108 Å². The number of nitrogens with one attached hydrogen (secondary N) is 3. The molecule has 15 heteroatoms. The fourth-order valence-electron chi connectivity index (χ4n) is 4.95. The van der Waals surface area contributed by atoms with Crippen LogP contribution >= 0.6 is 11.3 Å². The molecule has 0 aliphatic carbocycles. The van der Waals surface area contributed by atoms with Crippen molar-refractivity contribution in [1.82, 2.24) is 20.3 Å². The number of rotatable bonds is 20. The van der Waals surface area contributed by atoms with Gasteiger partial charge in [0.1, 0.15) is 12.1 Å². The van der Waals surface area contributed by atoms with E-state index in [1.54, 1.807) is 60.0 Å². The fourth-order valence-corrected chi connectivity index (χ4v) is 6.92. The predicted octanol–water partition coefficient (Wildman–Crippen LogP) is 2.30. The average Bonchev–Trinajstić information content (AvgIpc) is 3.65. The van der Waals surface area contributed by atoms with E-state index in [0.29, 0.717) is 17.5 Å². The summed E-state index contributed by atoms with van der Waals surface area (Å²) >= 11 is 1.13. The van der Waals surface area contributed by atoms with Crippen molar-refractivity contribution in [2.45, 2.75) is 49.7 Å². The van der Waals surface area contributed by atoms with Gasteiger partial charge in [0.15, 0.2) is 11.0 Å². The first-order valence-electron chi connectivity index (χ1n) is 15.9. The average molecular weight is 720 g/mol. The van der Waals surface area contributed by atoms with Gasteiger partial charge in [0.2, 0.25) is 27.6 Å². The van der Waals surface area contributed by atoms with Crippen LogP contribution in [0, 0.1) is 0 Å². The van der Waals surface area contributed by atoms with E-state index in [1.165, 1.54) is 6.20 Å². The number of hydrogen-bond acceptors (Lipinski definition) is 9. The van der Waals surface area contributed by atoms with Gasteiger partial charge in [-0.2, -0.15) is 0 Å². The quantitative estimate of drug-likeness (QED) is 0.0393. The van der Waals surface area contributed by atoms with Crippen LogP contribution in [0.25, 0.3) is 0 Å². The van der Waals surface area contributed by atoms with Crippen molar-refractivity contribution in [3.05, 3.63) is 124 Å². The summed E-state index contributed by atoms with van der Waals surface area (Å²) in [6.07, 6.45) is 2.05. The lowest BCUT2D eigenvalue weighted by Crippen LogP contribution is -2.57. The first-order valence-corrected chi connectivity index (χ1v) is 18.4. The van der Waals surface area contributed by atoms with E-state index < -0.39 is 45.7 Å². The van der Waals surface area contributed by atoms with Crippen LogP contribution in [0.3, 0.4) is 0 Å². The highest BCUT2D eigenvalue weighted by molar-refractivity contribution is 7.88. The molecule has 0 aliphatic rings. The number of carbonyl (C=O) groups excluding carboxylic acids is 3. The number of Topliss-reactive ketones (excluding diaryl/α,β-unsaturated/α-hetero) is 1. The SMILES string of the molecule is NC(N)=NCCCC(NC(=O)C(COCc1ccccc1)NC(=O)C(Cc1ccccc1)NS(=O)(=O)Cc1ccccc1)C(=O)c1nccs1. The van der Waals surface area contributed by atoms with Crippen LogP contribution in [0.5, 0.6) is 0 Å². The summed E-state index contributed by atoms with van der Waals surface area (Å²) in [5, 5.41) is 7.29. The molecule has 13 nitrogen and oxygen atoms in total. The highest BCUT2D eigenvalue weighted by Gasteiger charge is 2.32. The Morgan fingerprint density at radius 3 is 1.98 bits per heavy atom. The molecule has 0 fully saturated rings. The number of guanidine groups is 1. The third-order valence-electron chi connectivity index (χ3n) is 7.37. The Hall–Kier alpha value is -4.96. The van der Waals surface area contributed by atoms with Crippen molar-refractivity contribution in [3.63, 3.8) is 0 Å². The van der Waals surface area contributed by atoms with Crippen molar-refractivity contribution in [2.24, 2.45) is 16.5 Å². The second-order valence-electron chi connectivity index (χ2n) is 11.4. The number of amides is 2. The Kier molecular flexibility index (Phi) is 14.6. The van der Waals surface area contributed by atoms with Gasteiger partial charge in [0.05, 0.1) is 25.0 Å². The summed E-state index contributed by atoms with van der Waals surface area (Å²) < 4.78 is 35.0. The van der Waals surface area contributed by atoms with Crippen molar-refractivity contribution in [1.29, 1.82) is 0 Å². The first kappa shape index (κ1) is 37.9. The molecule has 3 atom stereocenters. The number of ether oxygens (including phenoxy) is 1. The molecule has 3 unspecified atom stereocenters. The third kappa shape index (κ3) is 12.8. The minimum absolute atomic E-state index is 0.00978. The molecule has 50 heavy (non-hydrogen) atoms. The maximum Gasteiger partial charge on any atom is 0.245 e. The number of nitrogens with two attached hydrogens (primary N) is 2. The van der Waals surface area contributed by atoms with Gasteiger partial charge in [0.25, 0.3) is 0 Å². The molecule has 0 saturated carbocycles. The molecule has 0 aliphatic heterocycles. The molecular weight excluding hydrogens is 679 g/mol. The Labute approximate surface area is 295 Å². The molecule has 1 heterocycles. The van der Waals surface area contributed by atoms with Gasteiger partial charge in [-0.15, -0.1) is 11.3 Å². The van der Waals surface area contributed by atoms with Gasteiger partial charge >= 0.3 is 0 Å². The van der Waals surface area contributed by atoms with Crippen molar-refractivity contribution < 1.29 is 27.5 Å². The minimum Gasteiger partial charge on any atom is -0.374 e. The van der Waals surface area contributed by atoms with Crippen molar-refractivity contribution >= 4 is 44.9 Å². The molecular formula is C35H41N7O6S2. The highest BCUT2D eigenvalue weighted by atomic mass is 32.2. The maximum absolute atomic E-state index is 13.9. The largest absolute Gasteiger partial charge is 0.374 e. The van der Waals surface area contributed by atoms with Crippen LogP contribution in [-0.4, -0.2) is 68.2 Å². The van der Waals surface area contributed by atoms with Crippen molar-refractivity contribution in [3.8, 4) is 0 Å². The second kappa shape index (κ2) is 19.3. The summed E-state index contributed by atoms with van der Waals surface area (Å²) in [6.45, 7) is 0.0928. The summed E-state index contributed by atoms with van der Waals surface area (Å²) in [4.78, 5) is 49.2. The number of nitrogens with zero attached hydrogens (tertiary/aromatic N) is 2. The van der Waals surface area contributed by atoms with Crippen LogP contribution in [0.1, 0.15) is 39.3 Å². The number of thiazole rings is 1. The van der Waals surface area contributed by atoms with E-state index in [1.807, 2.05) is 36.4 Å². The van der Waals surface area contributed by atoms with Crippen LogP contribution in [0.4, 0.5) is 0 Å². The molecule has 0 saturated heterocycles. The molecule has 2 amide bonds. The molecule has 4 rings (SSSR count). The van der Waals surface area contributed by atoms with E-state index in [4.69, 9.17) is 16.2 Å². The number of benzene rings is 3. The number of sulfonamides is 1. The standard InChI is InChI=1S/C35H41N7O6S2/c36-35(37)39-18-10-17-28(31(43)34-38-19-20-49-34)40-33(45)30(23-48-22-26-13-6-2-7-14-26)41-32(44)29(21-25-11-4-1-5-12-25)42-50(46,47)24-27-15-8-3-9-16-27/h1-9,11-16,19-20,28-30,42H,10,17-18,21-24H2,(H,40,45)(H,41,44)(H4,36,37,39). The summed E-state index contributed by atoms with van der Waals surface area (Å²) in [5.41, 5.74) is 13.0. The minimum atomic E-state index is -4.00. The molecule has 7 N–H and O–H groups in total. The second-order valence-corrected chi connectivity index (χ2v) is 14.0. The fraction of sp³-hybridized carbons (Fsp3) is 0.286. The molecule has 4 aromatic rings. The zero-order chi connectivity index (χ0) is 35.8. The Bertz CT molecular complexity index is 1790. The predicted molar refractivity (Wildman–Crippen MR) is 192 cm³/mol. The summed E-state index contributed by atoms with van der Waals surface area (Å²) in [6, 6.07) is 23.2. The zero-order valence-corrected chi connectivity index (χ0v) is 28.9. The lowest BCUT2D eigenvalue weighted by molar-refractivity contribution is -0.131. The van der Waals surface area contributed by atoms with Crippen LogP contribution in [-0.2, 0) is 43.1 Å². The van der Waals surface area contributed by atoms with Gasteiger partial charge in [-0.25, -0.2) is 18.1 Å². The normalized spacial score (nSPS) is 13.0. The molecule has 0 spiro atoms. The van der Waals surface area contributed by atoms with Crippen LogP contribution < -0.4 is 26.8 Å². The number of aromatic nitrogens is 1. The Morgan fingerprint density at radius 2 is 1.38 bits per heavy atom. The van der Waals surface area contributed by atoms with Gasteiger partial charge in [-0.1, -0.05) is 91.0 Å². The molecule has 264 valence electrons. The first-order chi connectivity index (χ1) is 24.1. The molecule has 3 aromatic carbocycles.